The Kier molecular flexibility index (Phi) is 5.38. The van der Waals surface area contributed by atoms with Gasteiger partial charge in [0.1, 0.15) is 5.76 Å². The van der Waals surface area contributed by atoms with Gasteiger partial charge in [-0.25, -0.2) is 0 Å². The lowest BCUT2D eigenvalue weighted by atomic mass is 10.3. The Morgan fingerprint density at radius 3 is 2.68 bits per heavy atom. The van der Waals surface area contributed by atoms with Gasteiger partial charge in [-0.2, -0.15) is 0 Å². The first-order valence-corrected chi connectivity index (χ1v) is 6.72. The lowest BCUT2D eigenvalue weighted by molar-refractivity contribution is -0.122. The van der Waals surface area contributed by atoms with E-state index in [2.05, 4.69) is 15.1 Å². The number of rotatable bonds is 6. The highest BCUT2D eigenvalue weighted by Crippen LogP contribution is 2.01. The molecule has 6 nitrogen and oxygen atoms in total. The molecule has 0 bridgehead atoms. The lowest BCUT2D eigenvalue weighted by Gasteiger charge is -2.33. The van der Waals surface area contributed by atoms with E-state index in [1.165, 1.54) is 0 Å². The average molecular weight is 266 g/mol. The topological polar surface area (TPSA) is 74.7 Å². The maximum absolute atomic E-state index is 11.8. The van der Waals surface area contributed by atoms with Crippen LogP contribution in [-0.4, -0.2) is 61.5 Å². The summed E-state index contributed by atoms with van der Waals surface area (Å²) in [5.74, 6) is 0.824. The van der Waals surface area contributed by atoms with Gasteiger partial charge < -0.3 is 15.5 Å². The van der Waals surface area contributed by atoms with Crippen molar-refractivity contribution in [3.05, 3.63) is 24.2 Å². The van der Waals surface area contributed by atoms with E-state index in [-0.39, 0.29) is 5.91 Å². The summed E-state index contributed by atoms with van der Waals surface area (Å²) in [6, 6.07) is 3.67. The van der Waals surface area contributed by atoms with Crippen LogP contribution in [0.5, 0.6) is 0 Å². The van der Waals surface area contributed by atoms with Gasteiger partial charge in [-0.3, -0.25) is 14.6 Å². The summed E-state index contributed by atoms with van der Waals surface area (Å²) in [4.78, 5) is 16.3. The Morgan fingerprint density at radius 1 is 1.32 bits per heavy atom. The number of nitrogens with zero attached hydrogens (tertiary/aromatic N) is 2. The lowest BCUT2D eigenvalue weighted by Crippen LogP contribution is -2.50. The summed E-state index contributed by atoms with van der Waals surface area (Å²) < 4.78 is 5.17. The predicted molar refractivity (Wildman–Crippen MR) is 72.5 cm³/mol. The molecule has 0 saturated carbocycles. The maximum atomic E-state index is 11.8. The van der Waals surface area contributed by atoms with Gasteiger partial charge >= 0.3 is 0 Å². The van der Waals surface area contributed by atoms with Crippen LogP contribution in [0.3, 0.4) is 0 Å². The van der Waals surface area contributed by atoms with Crippen molar-refractivity contribution in [2.24, 2.45) is 5.73 Å². The molecule has 0 unspecified atom stereocenters. The fourth-order valence-corrected chi connectivity index (χ4v) is 2.21. The monoisotopic (exact) mass is 266 g/mol. The van der Waals surface area contributed by atoms with Gasteiger partial charge in [-0.1, -0.05) is 0 Å². The molecule has 1 fully saturated rings. The Morgan fingerprint density at radius 2 is 2.05 bits per heavy atom. The van der Waals surface area contributed by atoms with Gasteiger partial charge in [0, 0.05) is 39.3 Å². The first kappa shape index (κ1) is 14.0. The summed E-state index contributed by atoms with van der Waals surface area (Å²) in [5, 5.41) is 2.86. The molecule has 106 valence electrons. The standard InChI is InChI=1S/C13H22N4O2/c14-3-4-16-5-7-17(8-6-16)11-13(18)15-10-12-2-1-9-19-12/h1-2,9H,3-8,10-11,14H2,(H,15,18). The van der Waals surface area contributed by atoms with E-state index in [9.17, 15) is 4.79 Å². The van der Waals surface area contributed by atoms with Crippen LogP contribution in [0, 0.1) is 0 Å². The molecule has 3 N–H and O–H groups in total. The van der Waals surface area contributed by atoms with Gasteiger partial charge in [-0.15, -0.1) is 0 Å². The summed E-state index contributed by atoms with van der Waals surface area (Å²) >= 11 is 0. The van der Waals surface area contributed by atoms with Crippen LogP contribution in [0.2, 0.25) is 0 Å². The molecular formula is C13H22N4O2. The third kappa shape index (κ3) is 4.66. The second-order valence-electron chi connectivity index (χ2n) is 4.76. The van der Waals surface area contributed by atoms with E-state index in [1.54, 1.807) is 6.26 Å². The molecule has 0 spiro atoms. The molecule has 2 rings (SSSR count). The normalized spacial score (nSPS) is 17.5. The van der Waals surface area contributed by atoms with Gasteiger partial charge in [0.15, 0.2) is 0 Å². The molecule has 1 aromatic rings. The van der Waals surface area contributed by atoms with E-state index in [0.717, 1.165) is 38.5 Å². The molecule has 19 heavy (non-hydrogen) atoms. The van der Waals surface area contributed by atoms with Crippen LogP contribution in [0.25, 0.3) is 0 Å². The molecule has 0 atom stereocenters. The number of nitrogens with one attached hydrogen (secondary N) is 1. The number of carbonyl (C=O) groups is 1. The summed E-state index contributed by atoms with van der Waals surface area (Å²) in [7, 11) is 0. The molecule has 6 heteroatoms. The minimum Gasteiger partial charge on any atom is -0.467 e. The van der Waals surface area contributed by atoms with Crippen LogP contribution in [-0.2, 0) is 11.3 Å². The van der Waals surface area contributed by atoms with E-state index in [0.29, 0.717) is 19.6 Å². The summed E-state index contributed by atoms with van der Waals surface area (Å²) in [6.07, 6.45) is 1.61. The number of hydrogen-bond donors (Lipinski definition) is 2. The molecule has 1 aromatic heterocycles. The smallest absolute Gasteiger partial charge is 0.234 e. The molecule has 1 saturated heterocycles. The van der Waals surface area contributed by atoms with Crippen LogP contribution < -0.4 is 11.1 Å². The third-order valence-electron chi connectivity index (χ3n) is 3.32. The van der Waals surface area contributed by atoms with Crippen molar-refractivity contribution >= 4 is 5.91 Å². The fourth-order valence-electron chi connectivity index (χ4n) is 2.21. The Hall–Kier alpha value is -1.37. The van der Waals surface area contributed by atoms with Crippen molar-refractivity contribution < 1.29 is 9.21 Å². The molecule has 0 aliphatic carbocycles. The number of piperazine rings is 1. The maximum Gasteiger partial charge on any atom is 0.234 e. The molecule has 1 amide bonds. The summed E-state index contributed by atoms with van der Waals surface area (Å²) in [6.45, 7) is 6.38. The predicted octanol–water partition coefficient (Wildman–Crippen LogP) is -0.528. The number of hydrogen-bond acceptors (Lipinski definition) is 5. The van der Waals surface area contributed by atoms with Gasteiger partial charge in [0.25, 0.3) is 0 Å². The number of nitrogens with two attached hydrogens (primary N) is 1. The van der Waals surface area contributed by atoms with Crippen molar-refractivity contribution in [2.45, 2.75) is 6.54 Å². The third-order valence-corrected chi connectivity index (χ3v) is 3.32. The second kappa shape index (κ2) is 7.28. The van der Waals surface area contributed by atoms with Crippen LogP contribution in [0.1, 0.15) is 5.76 Å². The van der Waals surface area contributed by atoms with Gasteiger partial charge in [0.05, 0.1) is 19.4 Å². The van der Waals surface area contributed by atoms with E-state index in [4.69, 9.17) is 10.2 Å². The highest BCUT2D eigenvalue weighted by atomic mass is 16.3. The SMILES string of the molecule is NCCN1CCN(CC(=O)NCc2ccco2)CC1. The molecule has 0 aromatic carbocycles. The van der Waals surface area contributed by atoms with E-state index >= 15 is 0 Å². The highest BCUT2D eigenvalue weighted by Gasteiger charge is 2.18. The van der Waals surface area contributed by atoms with Crippen LogP contribution in [0.15, 0.2) is 22.8 Å². The van der Waals surface area contributed by atoms with Crippen LogP contribution >= 0.6 is 0 Å². The van der Waals surface area contributed by atoms with Gasteiger partial charge in [0.2, 0.25) is 5.91 Å². The Labute approximate surface area is 113 Å². The van der Waals surface area contributed by atoms with Crippen LogP contribution in [0.4, 0.5) is 0 Å². The van der Waals surface area contributed by atoms with Crippen molar-refractivity contribution in [2.75, 3.05) is 45.8 Å². The largest absolute Gasteiger partial charge is 0.467 e. The fraction of sp³-hybridized carbons (Fsp3) is 0.615. The number of furan rings is 1. The van der Waals surface area contributed by atoms with Crippen molar-refractivity contribution in [1.29, 1.82) is 0 Å². The zero-order valence-corrected chi connectivity index (χ0v) is 11.2. The number of amides is 1. The Balaban J connectivity index is 1.63. The minimum absolute atomic E-state index is 0.0451. The zero-order valence-electron chi connectivity index (χ0n) is 11.2. The average Bonchev–Trinajstić information content (AvgIpc) is 2.92. The van der Waals surface area contributed by atoms with Crippen molar-refractivity contribution in [1.82, 2.24) is 15.1 Å². The summed E-state index contributed by atoms with van der Waals surface area (Å²) in [5.41, 5.74) is 5.53. The second-order valence-corrected chi connectivity index (χ2v) is 4.76. The van der Waals surface area contributed by atoms with E-state index in [1.807, 2.05) is 12.1 Å². The van der Waals surface area contributed by atoms with Gasteiger partial charge in [-0.05, 0) is 12.1 Å². The Bertz CT molecular complexity index is 372. The highest BCUT2D eigenvalue weighted by molar-refractivity contribution is 5.77. The molecule has 2 heterocycles. The van der Waals surface area contributed by atoms with Crippen molar-refractivity contribution in [3.63, 3.8) is 0 Å². The first-order chi connectivity index (χ1) is 9.28. The molecule has 0 radical (unpaired) electrons. The number of carbonyl (C=O) groups excluding carboxylic acids is 1. The minimum atomic E-state index is 0.0451. The molecule has 1 aliphatic heterocycles. The molecular weight excluding hydrogens is 244 g/mol. The zero-order chi connectivity index (χ0) is 13.5. The van der Waals surface area contributed by atoms with Crippen molar-refractivity contribution in [3.8, 4) is 0 Å². The quantitative estimate of drug-likeness (QED) is 0.724. The van der Waals surface area contributed by atoms with E-state index < -0.39 is 0 Å². The first-order valence-electron chi connectivity index (χ1n) is 6.72. The molecule has 1 aliphatic rings.